The fourth-order valence-corrected chi connectivity index (χ4v) is 1.33. The summed E-state index contributed by atoms with van der Waals surface area (Å²) >= 11 is 5.52. The molecule has 0 bridgehead atoms. The summed E-state index contributed by atoms with van der Waals surface area (Å²) in [6.07, 6.45) is 0.868. The molecular weight excluding hydrogens is 213 g/mol. The molecule has 0 atom stereocenters. The number of hydrogen-bond acceptors (Lipinski definition) is 3. The van der Waals surface area contributed by atoms with Crippen LogP contribution in [0.2, 0.25) is 0 Å². The Labute approximate surface area is 88.8 Å². The molecule has 0 unspecified atom stereocenters. The highest BCUT2D eigenvalue weighted by atomic mass is 35.5. The molecule has 1 N–H and O–H groups in total. The molecule has 0 spiro atoms. The number of rotatable bonds is 2. The van der Waals surface area contributed by atoms with Crippen molar-refractivity contribution in [3.8, 4) is 0 Å². The topological polar surface area (TPSA) is 48.7 Å². The molecule has 6 heteroatoms. The van der Waals surface area contributed by atoms with E-state index < -0.39 is 0 Å². The Bertz CT molecular complexity index is 208. The van der Waals surface area contributed by atoms with Crippen LogP contribution in [0.4, 0.5) is 0 Å². The lowest BCUT2D eigenvalue weighted by atomic mass is 10.3. The SMILES string of the molecule is CO/N=C1/CCN(C(=N)CCl)C1.Cl. The lowest BCUT2D eigenvalue weighted by Crippen LogP contribution is -2.29. The summed E-state index contributed by atoms with van der Waals surface area (Å²) in [4.78, 5) is 6.54. The zero-order chi connectivity index (χ0) is 8.97. The first kappa shape index (κ1) is 12.5. The van der Waals surface area contributed by atoms with Gasteiger partial charge < -0.3 is 9.74 Å². The minimum atomic E-state index is 0. The van der Waals surface area contributed by atoms with Gasteiger partial charge >= 0.3 is 0 Å². The van der Waals surface area contributed by atoms with Crippen LogP contribution in [-0.2, 0) is 4.84 Å². The van der Waals surface area contributed by atoms with Crippen LogP contribution in [0, 0.1) is 5.41 Å². The van der Waals surface area contributed by atoms with Gasteiger partial charge in [-0.3, -0.25) is 5.41 Å². The van der Waals surface area contributed by atoms with E-state index in [1.807, 2.05) is 4.90 Å². The summed E-state index contributed by atoms with van der Waals surface area (Å²) in [6.45, 7) is 1.51. The van der Waals surface area contributed by atoms with E-state index in [-0.39, 0.29) is 18.3 Å². The van der Waals surface area contributed by atoms with Crippen molar-refractivity contribution >= 4 is 35.6 Å². The van der Waals surface area contributed by atoms with Crippen molar-refractivity contribution in [3.05, 3.63) is 0 Å². The van der Waals surface area contributed by atoms with Gasteiger partial charge in [0, 0.05) is 13.0 Å². The number of alkyl halides is 1. The average Bonchev–Trinajstić information content (AvgIpc) is 2.52. The standard InChI is InChI=1S/C7H12ClN3O.ClH/c1-12-10-6-2-3-11(5-6)7(9)4-8;/h9H,2-5H2,1H3;1H/b9-7?,10-6-;. The van der Waals surface area contributed by atoms with Crippen LogP contribution in [0.1, 0.15) is 6.42 Å². The Balaban J connectivity index is 0.00000144. The number of halogens is 2. The van der Waals surface area contributed by atoms with Gasteiger partial charge in [0.1, 0.15) is 12.9 Å². The highest BCUT2D eigenvalue weighted by Gasteiger charge is 2.19. The fraction of sp³-hybridized carbons (Fsp3) is 0.714. The third kappa shape index (κ3) is 3.40. The van der Waals surface area contributed by atoms with E-state index in [9.17, 15) is 0 Å². The maximum Gasteiger partial charge on any atom is 0.111 e. The zero-order valence-corrected chi connectivity index (χ0v) is 8.99. The molecule has 76 valence electrons. The van der Waals surface area contributed by atoms with Crippen molar-refractivity contribution in [3.63, 3.8) is 0 Å². The van der Waals surface area contributed by atoms with Gasteiger partial charge in [0.2, 0.25) is 0 Å². The van der Waals surface area contributed by atoms with E-state index in [0.29, 0.717) is 12.4 Å². The van der Waals surface area contributed by atoms with Crippen molar-refractivity contribution in [2.75, 3.05) is 26.1 Å². The second-order valence-corrected chi connectivity index (χ2v) is 2.86. The minimum Gasteiger partial charge on any atom is -0.399 e. The predicted octanol–water partition coefficient (Wildman–Crippen LogP) is 1.33. The van der Waals surface area contributed by atoms with Crippen molar-refractivity contribution in [2.45, 2.75) is 6.42 Å². The highest BCUT2D eigenvalue weighted by molar-refractivity contribution is 6.27. The molecule has 4 nitrogen and oxygen atoms in total. The summed E-state index contributed by atoms with van der Waals surface area (Å²) in [6, 6.07) is 0. The maximum absolute atomic E-state index is 7.45. The molecule has 0 aromatic rings. The van der Waals surface area contributed by atoms with Crippen LogP contribution < -0.4 is 0 Å². The van der Waals surface area contributed by atoms with Gasteiger partial charge in [-0.2, -0.15) is 0 Å². The minimum absolute atomic E-state index is 0. The van der Waals surface area contributed by atoms with Gasteiger partial charge in [0.15, 0.2) is 0 Å². The molecule has 1 aliphatic heterocycles. The molecule has 0 radical (unpaired) electrons. The number of likely N-dealkylation sites (tertiary alicyclic amines) is 1. The van der Waals surface area contributed by atoms with Crippen LogP contribution in [-0.4, -0.2) is 42.5 Å². The maximum atomic E-state index is 7.45. The van der Waals surface area contributed by atoms with Crippen LogP contribution in [0.3, 0.4) is 0 Å². The van der Waals surface area contributed by atoms with Gasteiger partial charge in [-0.25, -0.2) is 0 Å². The molecule has 13 heavy (non-hydrogen) atoms. The first-order chi connectivity index (χ1) is 5.77. The lowest BCUT2D eigenvalue weighted by molar-refractivity contribution is 0.212. The van der Waals surface area contributed by atoms with Crippen LogP contribution >= 0.6 is 24.0 Å². The summed E-state index contributed by atoms with van der Waals surface area (Å²) < 4.78 is 0. The fourth-order valence-electron chi connectivity index (χ4n) is 1.16. The summed E-state index contributed by atoms with van der Waals surface area (Å²) in [7, 11) is 1.53. The largest absolute Gasteiger partial charge is 0.399 e. The van der Waals surface area contributed by atoms with Gasteiger partial charge in [-0.05, 0) is 0 Å². The molecule has 0 saturated carbocycles. The number of nitrogens with one attached hydrogen (secondary N) is 1. The Kier molecular flexibility index (Phi) is 5.82. The first-order valence-electron chi connectivity index (χ1n) is 3.75. The van der Waals surface area contributed by atoms with E-state index in [1.165, 1.54) is 7.11 Å². The van der Waals surface area contributed by atoms with Gasteiger partial charge in [-0.15, -0.1) is 24.0 Å². The highest BCUT2D eigenvalue weighted by Crippen LogP contribution is 2.07. The van der Waals surface area contributed by atoms with Gasteiger partial charge in [0.05, 0.1) is 18.1 Å². The molecule has 1 fully saturated rings. The normalized spacial score (nSPS) is 18.6. The van der Waals surface area contributed by atoms with Crippen molar-refractivity contribution < 1.29 is 4.84 Å². The monoisotopic (exact) mass is 225 g/mol. The molecule has 1 saturated heterocycles. The third-order valence-electron chi connectivity index (χ3n) is 1.77. The second kappa shape index (κ2) is 6.05. The van der Waals surface area contributed by atoms with Gasteiger partial charge in [0.25, 0.3) is 0 Å². The van der Waals surface area contributed by atoms with Crippen molar-refractivity contribution in [2.24, 2.45) is 5.16 Å². The number of nitrogens with zero attached hydrogens (tertiary/aromatic N) is 2. The smallest absolute Gasteiger partial charge is 0.111 e. The molecule has 1 heterocycles. The molecule has 0 aliphatic carbocycles. The average molecular weight is 226 g/mol. The summed E-state index contributed by atoms with van der Waals surface area (Å²) in [5, 5.41) is 11.3. The Morgan fingerprint density at radius 1 is 1.77 bits per heavy atom. The van der Waals surface area contributed by atoms with Crippen LogP contribution in [0.15, 0.2) is 5.16 Å². The van der Waals surface area contributed by atoms with Gasteiger partial charge in [-0.1, -0.05) is 5.16 Å². The lowest BCUT2D eigenvalue weighted by Gasteiger charge is -2.14. The molecular formula is C7H13Cl2N3O. The number of amidine groups is 1. The van der Waals surface area contributed by atoms with E-state index in [0.717, 1.165) is 18.7 Å². The zero-order valence-electron chi connectivity index (χ0n) is 7.42. The Morgan fingerprint density at radius 2 is 2.46 bits per heavy atom. The molecule has 0 aromatic carbocycles. The third-order valence-corrected chi connectivity index (χ3v) is 2.03. The molecule has 0 amide bonds. The second-order valence-electron chi connectivity index (χ2n) is 2.59. The Morgan fingerprint density at radius 3 is 3.00 bits per heavy atom. The summed E-state index contributed by atoms with van der Waals surface area (Å²) in [5.41, 5.74) is 0.979. The molecule has 0 aromatic heterocycles. The van der Waals surface area contributed by atoms with E-state index in [4.69, 9.17) is 17.0 Å². The van der Waals surface area contributed by atoms with Crippen LogP contribution in [0.5, 0.6) is 0 Å². The first-order valence-corrected chi connectivity index (χ1v) is 4.28. The van der Waals surface area contributed by atoms with E-state index in [2.05, 4.69) is 9.99 Å². The number of oxime groups is 1. The van der Waals surface area contributed by atoms with Crippen LogP contribution in [0.25, 0.3) is 0 Å². The number of hydrogen-bond donors (Lipinski definition) is 1. The van der Waals surface area contributed by atoms with E-state index in [1.54, 1.807) is 0 Å². The Hall–Kier alpha value is -0.480. The quantitative estimate of drug-likeness (QED) is 0.334. The molecule has 1 aliphatic rings. The molecule has 1 rings (SSSR count). The summed E-state index contributed by atoms with van der Waals surface area (Å²) in [5.74, 6) is 0.721. The van der Waals surface area contributed by atoms with Crippen molar-refractivity contribution in [1.29, 1.82) is 5.41 Å². The van der Waals surface area contributed by atoms with E-state index >= 15 is 0 Å². The predicted molar refractivity (Wildman–Crippen MR) is 56.3 cm³/mol. The van der Waals surface area contributed by atoms with Crippen molar-refractivity contribution in [1.82, 2.24) is 4.90 Å².